The lowest BCUT2D eigenvalue weighted by atomic mass is 9.97. The highest BCUT2D eigenvalue weighted by Gasteiger charge is 2.39. The Morgan fingerprint density at radius 2 is 1.83 bits per heavy atom. The standard InChI is InChI=1S/C9H16O3/c1-10-8-6-4-5-7-9(8,11-2)12-3/h4-5,8H,6-7H2,1-3H3. The molecule has 1 rings (SSSR count). The zero-order valence-corrected chi connectivity index (χ0v) is 7.87. The van der Waals surface area contributed by atoms with Crippen molar-refractivity contribution in [2.24, 2.45) is 0 Å². The largest absolute Gasteiger partial charge is 0.376 e. The van der Waals surface area contributed by atoms with Gasteiger partial charge in [-0.2, -0.15) is 0 Å². The van der Waals surface area contributed by atoms with Gasteiger partial charge in [-0.15, -0.1) is 0 Å². The third-order valence-corrected chi connectivity index (χ3v) is 2.39. The van der Waals surface area contributed by atoms with Gasteiger partial charge in [0, 0.05) is 27.8 Å². The molecule has 1 aliphatic rings. The fraction of sp³-hybridized carbons (Fsp3) is 0.778. The van der Waals surface area contributed by atoms with E-state index in [9.17, 15) is 0 Å². The zero-order chi connectivity index (χ0) is 9.03. The fourth-order valence-electron chi connectivity index (χ4n) is 1.57. The number of rotatable bonds is 3. The predicted molar refractivity (Wildman–Crippen MR) is 45.9 cm³/mol. The average Bonchev–Trinajstić information content (AvgIpc) is 2.17. The van der Waals surface area contributed by atoms with Gasteiger partial charge in [-0.1, -0.05) is 12.2 Å². The SMILES string of the molecule is COC1CC=CCC1(OC)OC. The van der Waals surface area contributed by atoms with Crippen LogP contribution in [0.2, 0.25) is 0 Å². The van der Waals surface area contributed by atoms with Crippen LogP contribution in [0.25, 0.3) is 0 Å². The number of hydrogen-bond donors (Lipinski definition) is 0. The van der Waals surface area contributed by atoms with Gasteiger partial charge in [0.25, 0.3) is 0 Å². The van der Waals surface area contributed by atoms with Crippen LogP contribution in [0, 0.1) is 0 Å². The van der Waals surface area contributed by atoms with Crippen molar-refractivity contribution in [3.8, 4) is 0 Å². The topological polar surface area (TPSA) is 27.7 Å². The lowest BCUT2D eigenvalue weighted by Crippen LogP contribution is -2.47. The summed E-state index contributed by atoms with van der Waals surface area (Å²) in [6, 6.07) is 0. The molecule has 0 aromatic carbocycles. The number of ether oxygens (including phenoxy) is 3. The molecule has 1 aliphatic carbocycles. The lowest BCUT2D eigenvalue weighted by Gasteiger charge is -2.38. The minimum absolute atomic E-state index is 0.00231. The van der Waals surface area contributed by atoms with E-state index >= 15 is 0 Å². The fourth-order valence-corrected chi connectivity index (χ4v) is 1.57. The van der Waals surface area contributed by atoms with Gasteiger partial charge in [-0.25, -0.2) is 0 Å². The van der Waals surface area contributed by atoms with Crippen molar-refractivity contribution in [3.05, 3.63) is 12.2 Å². The molecule has 0 aromatic rings. The Bertz CT molecular complexity index is 161. The first-order valence-corrected chi connectivity index (χ1v) is 4.07. The Morgan fingerprint density at radius 3 is 2.25 bits per heavy atom. The van der Waals surface area contributed by atoms with Gasteiger partial charge < -0.3 is 14.2 Å². The number of methoxy groups -OCH3 is 3. The maximum absolute atomic E-state index is 5.33. The van der Waals surface area contributed by atoms with Gasteiger partial charge in [-0.05, 0) is 6.42 Å². The van der Waals surface area contributed by atoms with Gasteiger partial charge in [0.15, 0.2) is 5.79 Å². The van der Waals surface area contributed by atoms with Crippen LogP contribution >= 0.6 is 0 Å². The molecule has 1 unspecified atom stereocenters. The first-order chi connectivity index (χ1) is 5.79. The van der Waals surface area contributed by atoms with Crippen molar-refractivity contribution in [1.29, 1.82) is 0 Å². The van der Waals surface area contributed by atoms with E-state index in [2.05, 4.69) is 12.2 Å². The van der Waals surface area contributed by atoms with Crippen molar-refractivity contribution in [1.82, 2.24) is 0 Å². The summed E-state index contributed by atoms with van der Waals surface area (Å²) in [7, 11) is 4.97. The van der Waals surface area contributed by atoms with Crippen molar-refractivity contribution in [2.45, 2.75) is 24.7 Å². The molecule has 0 heterocycles. The van der Waals surface area contributed by atoms with Crippen molar-refractivity contribution < 1.29 is 14.2 Å². The molecular weight excluding hydrogens is 156 g/mol. The molecule has 0 bridgehead atoms. The predicted octanol–water partition coefficient (Wildman–Crippen LogP) is 1.34. The molecule has 0 aliphatic heterocycles. The first-order valence-electron chi connectivity index (χ1n) is 4.07. The molecule has 0 amide bonds. The Balaban J connectivity index is 2.75. The van der Waals surface area contributed by atoms with E-state index in [0.717, 1.165) is 12.8 Å². The van der Waals surface area contributed by atoms with Gasteiger partial charge in [0.05, 0.1) is 0 Å². The quantitative estimate of drug-likeness (QED) is 0.475. The van der Waals surface area contributed by atoms with Crippen molar-refractivity contribution in [3.63, 3.8) is 0 Å². The molecule has 3 heteroatoms. The van der Waals surface area contributed by atoms with Gasteiger partial charge in [0.2, 0.25) is 0 Å². The Hall–Kier alpha value is -0.380. The Kier molecular flexibility index (Phi) is 3.26. The van der Waals surface area contributed by atoms with E-state index < -0.39 is 5.79 Å². The first kappa shape index (κ1) is 9.71. The summed E-state index contributed by atoms with van der Waals surface area (Å²) >= 11 is 0. The van der Waals surface area contributed by atoms with E-state index in [-0.39, 0.29) is 6.10 Å². The van der Waals surface area contributed by atoms with Crippen LogP contribution in [0.5, 0.6) is 0 Å². The smallest absolute Gasteiger partial charge is 0.197 e. The highest BCUT2D eigenvalue weighted by molar-refractivity contribution is 5.00. The third kappa shape index (κ3) is 1.53. The molecule has 0 N–H and O–H groups in total. The van der Waals surface area contributed by atoms with Gasteiger partial charge in [-0.3, -0.25) is 0 Å². The molecule has 70 valence electrons. The lowest BCUT2D eigenvalue weighted by molar-refractivity contribution is -0.264. The van der Waals surface area contributed by atoms with Gasteiger partial charge >= 0.3 is 0 Å². The van der Waals surface area contributed by atoms with Crippen LogP contribution in [-0.2, 0) is 14.2 Å². The van der Waals surface area contributed by atoms with E-state index in [1.807, 2.05) is 0 Å². The maximum atomic E-state index is 5.33. The van der Waals surface area contributed by atoms with Gasteiger partial charge in [0.1, 0.15) is 6.10 Å². The van der Waals surface area contributed by atoms with E-state index in [0.29, 0.717) is 0 Å². The summed E-state index contributed by atoms with van der Waals surface area (Å²) in [5.74, 6) is -0.580. The van der Waals surface area contributed by atoms with Crippen molar-refractivity contribution in [2.75, 3.05) is 21.3 Å². The molecule has 0 radical (unpaired) electrons. The molecule has 0 aromatic heterocycles. The minimum atomic E-state index is -0.580. The Labute approximate surface area is 73.3 Å². The van der Waals surface area contributed by atoms with Crippen molar-refractivity contribution >= 4 is 0 Å². The van der Waals surface area contributed by atoms with Crippen LogP contribution in [0.4, 0.5) is 0 Å². The highest BCUT2D eigenvalue weighted by Crippen LogP contribution is 2.29. The van der Waals surface area contributed by atoms with Crippen LogP contribution in [-0.4, -0.2) is 33.2 Å². The molecule has 1 atom stereocenters. The second-order valence-corrected chi connectivity index (χ2v) is 2.86. The Morgan fingerprint density at radius 1 is 1.17 bits per heavy atom. The monoisotopic (exact) mass is 172 g/mol. The second kappa shape index (κ2) is 4.03. The average molecular weight is 172 g/mol. The second-order valence-electron chi connectivity index (χ2n) is 2.86. The highest BCUT2D eigenvalue weighted by atomic mass is 16.7. The number of hydrogen-bond acceptors (Lipinski definition) is 3. The minimum Gasteiger partial charge on any atom is -0.376 e. The summed E-state index contributed by atoms with van der Waals surface area (Å²) in [6.07, 6.45) is 5.74. The van der Waals surface area contributed by atoms with Crippen LogP contribution in [0.1, 0.15) is 12.8 Å². The van der Waals surface area contributed by atoms with E-state index in [1.165, 1.54) is 0 Å². The molecule has 0 saturated carbocycles. The molecule has 12 heavy (non-hydrogen) atoms. The summed E-state index contributed by atoms with van der Waals surface area (Å²) < 4.78 is 16.0. The molecule has 0 spiro atoms. The summed E-state index contributed by atoms with van der Waals surface area (Å²) in [6.45, 7) is 0. The summed E-state index contributed by atoms with van der Waals surface area (Å²) in [5, 5.41) is 0. The third-order valence-electron chi connectivity index (χ3n) is 2.39. The summed E-state index contributed by atoms with van der Waals surface area (Å²) in [4.78, 5) is 0. The molecule has 3 nitrogen and oxygen atoms in total. The normalized spacial score (nSPS) is 27.4. The van der Waals surface area contributed by atoms with Crippen LogP contribution < -0.4 is 0 Å². The summed E-state index contributed by atoms with van der Waals surface area (Å²) in [5.41, 5.74) is 0. The molecule has 0 saturated heterocycles. The van der Waals surface area contributed by atoms with E-state index in [4.69, 9.17) is 14.2 Å². The maximum Gasteiger partial charge on any atom is 0.197 e. The van der Waals surface area contributed by atoms with Crippen LogP contribution in [0.3, 0.4) is 0 Å². The van der Waals surface area contributed by atoms with Crippen LogP contribution in [0.15, 0.2) is 12.2 Å². The molecular formula is C9H16O3. The molecule has 0 fully saturated rings. The van der Waals surface area contributed by atoms with E-state index in [1.54, 1.807) is 21.3 Å². The zero-order valence-electron chi connectivity index (χ0n) is 7.87.